The SMILES string of the molecule is CC(C)(/C=C/C(=O)O)N1CCC(Cc2c(Cl)cccc2Cl)C1=O. The van der Waals surface area contributed by atoms with E-state index in [9.17, 15) is 9.59 Å². The summed E-state index contributed by atoms with van der Waals surface area (Å²) in [6.07, 6.45) is 3.81. The van der Waals surface area contributed by atoms with Crippen LogP contribution >= 0.6 is 23.2 Å². The van der Waals surface area contributed by atoms with Crippen molar-refractivity contribution in [3.63, 3.8) is 0 Å². The smallest absolute Gasteiger partial charge is 0.328 e. The minimum Gasteiger partial charge on any atom is -0.478 e. The zero-order valence-corrected chi connectivity index (χ0v) is 14.6. The summed E-state index contributed by atoms with van der Waals surface area (Å²) in [4.78, 5) is 25.1. The Labute approximate surface area is 145 Å². The standard InChI is InChI=1S/C17H19Cl2NO3/c1-17(2,8-6-15(21)22)20-9-7-11(16(20)23)10-12-13(18)4-3-5-14(12)19/h3-6,8,11H,7,9-10H2,1-2H3,(H,21,22)/b8-6+. The van der Waals surface area contributed by atoms with Gasteiger partial charge in [-0.2, -0.15) is 0 Å². The maximum atomic E-state index is 12.7. The van der Waals surface area contributed by atoms with E-state index < -0.39 is 11.5 Å². The van der Waals surface area contributed by atoms with E-state index in [0.29, 0.717) is 29.4 Å². The van der Waals surface area contributed by atoms with Crippen LogP contribution in [0.15, 0.2) is 30.4 Å². The van der Waals surface area contributed by atoms with Crippen LogP contribution in [0, 0.1) is 5.92 Å². The number of aliphatic carboxylic acids is 1. The number of carboxylic acid groups (broad SMARTS) is 1. The maximum absolute atomic E-state index is 12.7. The fourth-order valence-electron chi connectivity index (χ4n) is 2.84. The summed E-state index contributed by atoms with van der Waals surface area (Å²) in [7, 11) is 0. The lowest BCUT2D eigenvalue weighted by Crippen LogP contribution is -2.44. The molecular formula is C17H19Cl2NO3. The van der Waals surface area contributed by atoms with Gasteiger partial charge in [0.2, 0.25) is 5.91 Å². The normalized spacial score (nSPS) is 18.9. The van der Waals surface area contributed by atoms with Crippen LogP contribution in [0.1, 0.15) is 25.8 Å². The van der Waals surface area contributed by atoms with Gasteiger partial charge in [-0.15, -0.1) is 0 Å². The molecule has 1 saturated heterocycles. The molecule has 1 aromatic carbocycles. The fraction of sp³-hybridized carbons (Fsp3) is 0.412. The zero-order valence-electron chi connectivity index (χ0n) is 13.1. The van der Waals surface area contributed by atoms with E-state index in [1.54, 1.807) is 23.1 Å². The molecule has 2 rings (SSSR count). The van der Waals surface area contributed by atoms with Crippen LogP contribution in [0.4, 0.5) is 0 Å². The van der Waals surface area contributed by atoms with E-state index in [-0.39, 0.29) is 11.8 Å². The molecule has 1 unspecified atom stereocenters. The molecule has 0 aliphatic carbocycles. The molecule has 0 bridgehead atoms. The van der Waals surface area contributed by atoms with Crippen LogP contribution in [0.5, 0.6) is 0 Å². The van der Waals surface area contributed by atoms with Gasteiger partial charge in [0.05, 0.1) is 5.54 Å². The Morgan fingerprint density at radius 1 is 1.39 bits per heavy atom. The molecule has 6 heteroatoms. The second kappa shape index (κ2) is 6.93. The van der Waals surface area contributed by atoms with Gasteiger partial charge in [-0.3, -0.25) is 4.79 Å². The summed E-state index contributed by atoms with van der Waals surface area (Å²) < 4.78 is 0. The van der Waals surface area contributed by atoms with Crippen molar-refractivity contribution in [1.29, 1.82) is 0 Å². The lowest BCUT2D eigenvalue weighted by atomic mass is 9.97. The van der Waals surface area contributed by atoms with E-state index >= 15 is 0 Å². The van der Waals surface area contributed by atoms with Gasteiger partial charge in [0, 0.05) is 28.6 Å². The summed E-state index contributed by atoms with van der Waals surface area (Å²) in [5.41, 5.74) is 0.143. The Balaban J connectivity index is 2.14. The summed E-state index contributed by atoms with van der Waals surface area (Å²) in [6.45, 7) is 4.24. The molecule has 0 radical (unpaired) electrons. The second-order valence-electron chi connectivity index (χ2n) is 6.21. The molecule has 1 amide bonds. The lowest BCUT2D eigenvalue weighted by Gasteiger charge is -2.33. The van der Waals surface area contributed by atoms with Crippen molar-refractivity contribution in [2.75, 3.05) is 6.54 Å². The molecule has 23 heavy (non-hydrogen) atoms. The van der Waals surface area contributed by atoms with Crippen molar-refractivity contribution in [2.24, 2.45) is 5.92 Å². The minimum atomic E-state index is -1.02. The van der Waals surface area contributed by atoms with Crippen molar-refractivity contribution in [3.05, 3.63) is 46.0 Å². The van der Waals surface area contributed by atoms with Crippen LogP contribution in [0.2, 0.25) is 10.0 Å². The second-order valence-corrected chi connectivity index (χ2v) is 7.02. The van der Waals surface area contributed by atoms with Gasteiger partial charge >= 0.3 is 5.97 Å². The largest absolute Gasteiger partial charge is 0.478 e. The fourth-order valence-corrected chi connectivity index (χ4v) is 3.39. The predicted octanol–water partition coefficient (Wildman–Crippen LogP) is 3.80. The molecule has 0 aromatic heterocycles. The predicted molar refractivity (Wildman–Crippen MR) is 90.8 cm³/mol. The number of carboxylic acids is 1. The summed E-state index contributed by atoms with van der Waals surface area (Å²) in [6, 6.07) is 5.30. The third-order valence-corrected chi connectivity index (χ3v) is 4.87. The van der Waals surface area contributed by atoms with Crippen molar-refractivity contribution in [3.8, 4) is 0 Å². The first-order valence-electron chi connectivity index (χ1n) is 7.39. The highest BCUT2D eigenvalue weighted by atomic mass is 35.5. The van der Waals surface area contributed by atoms with Crippen LogP contribution in [0.25, 0.3) is 0 Å². The average molecular weight is 356 g/mol. The Morgan fingerprint density at radius 2 is 2.00 bits per heavy atom. The monoisotopic (exact) mass is 355 g/mol. The molecule has 0 saturated carbocycles. The quantitative estimate of drug-likeness (QED) is 0.817. The Kier molecular flexibility index (Phi) is 5.37. The van der Waals surface area contributed by atoms with Gasteiger partial charge in [0.25, 0.3) is 0 Å². The number of amides is 1. The van der Waals surface area contributed by atoms with Crippen molar-refractivity contribution in [1.82, 2.24) is 4.90 Å². The highest BCUT2D eigenvalue weighted by molar-refractivity contribution is 6.36. The van der Waals surface area contributed by atoms with E-state index in [2.05, 4.69) is 0 Å². The topological polar surface area (TPSA) is 57.6 Å². The Hall–Kier alpha value is -1.52. The number of hydrogen-bond acceptors (Lipinski definition) is 2. The highest BCUT2D eigenvalue weighted by Crippen LogP contribution is 2.33. The molecule has 0 spiro atoms. The molecule has 124 valence electrons. The van der Waals surface area contributed by atoms with E-state index in [1.165, 1.54) is 6.08 Å². The molecule has 1 atom stereocenters. The number of benzene rings is 1. The average Bonchev–Trinajstić information content (AvgIpc) is 2.83. The van der Waals surface area contributed by atoms with Gasteiger partial charge in [-0.25, -0.2) is 4.79 Å². The summed E-state index contributed by atoms with van der Waals surface area (Å²) in [5, 5.41) is 9.90. The number of hydrogen-bond donors (Lipinski definition) is 1. The molecular weight excluding hydrogens is 337 g/mol. The van der Waals surface area contributed by atoms with Crippen molar-refractivity contribution < 1.29 is 14.7 Å². The minimum absolute atomic E-state index is 0.000949. The first-order valence-corrected chi connectivity index (χ1v) is 8.14. The molecule has 1 N–H and O–H groups in total. The van der Waals surface area contributed by atoms with Crippen LogP contribution < -0.4 is 0 Å². The van der Waals surface area contributed by atoms with Gasteiger partial charge in [-0.1, -0.05) is 35.3 Å². The number of halogens is 2. The molecule has 1 aliphatic rings. The Morgan fingerprint density at radius 3 is 2.57 bits per heavy atom. The third kappa shape index (κ3) is 4.06. The van der Waals surface area contributed by atoms with Gasteiger partial charge < -0.3 is 10.0 Å². The lowest BCUT2D eigenvalue weighted by molar-refractivity contribution is -0.135. The molecule has 1 aliphatic heterocycles. The third-order valence-electron chi connectivity index (χ3n) is 4.16. The van der Waals surface area contributed by atoms with E-state index in [4.69, 9.17) is 28.3 Å². The zero-order chi connectivity index (χ0) is 17.2. The summed E-state index contributed by atoms with van der Waals surface area (Å²) in [5.74, 6) is -1.21. The first-order chi connectivity index (χ1) is 10.7. The van der Waals surface area contributed by atoms with E-state index in [1.807, 2.05) is 13.8 Å². The Bertz CT molecular complexity index is 635. The van der Waals surface area contributed by atoms with Crippen LogP contribution in [-0.4, -0.2) is 34.0 Å². The number of carbonyl (C=O) groups excluding carboxylic acids is 1. The van der Waals surface area contributed by atoms with Gasteiger partial charge in [0.1, 0.15) is 0 Å². The summed E-state index contributed by atoms with van der Waals surface area (Å²) >= 11 is 12.4. The van der Waals surface area contributed by atoms with E-state index in [0.717, 1.165) is 11.6 Å². The number of carbonyl (C=O) groups is 2. The van der Waals surface area contributed by atoms with Crippen LogP contribution in [-0.2, 0) is 16.0 Å². The van der Waals surface area contributed by atoms with Crippen molar-refractivity contribution >= 4 is 35.1 Å². The molecule has 1 heterocycles. The van der Waals surface area contributed by atoms with Gasteiger partial charge in [-0.05, 0) is 44.4 Å². The first kappa shape index (κ1) is 17.8. The number of nitrogens with zero attached hydrogens (tertiary/aromatic N) is 1. The molecule has 1 aromatic rings. The van der Waals surface area contributed by atoms with Crippen molar-refractivity contribution in [2.45, 2.75) is 32.2 Å². The molecule has 1 fully saturated rings. The number of likely N-dealkylation sites (tertiary alicyclic amines) is 1. The van der Waals surface area contributed by atoms with Gasteiger partial charge in [0.15, 0.2) is 0 Å². The maximum Gasteiger partial charge on any atom is 0.328 e. The highest BCUT2D eigenvalue weighted by Gasteiger charge is 2.39. The molecule has 4 nitrogen and oxygen atoms in total. The number of rotatable bonds is 5. The van der Waals surface area contributed by atoms with Crippen LogP contribution in [0.3, 0.4) is 0 Å².